The van der Waals surface area contributed by atoms with Crippen molar-refractivity contribution >= 4 is 6.29 Å². The lowest BCUT2D eigenvalue weighted by Crippen LogP contribution is -1.99. The minimum atomic E-state index is 0.515. The van der Waals surface area contributed by atoms with Gasteiger partial charge in [-0.05, 0) is 17.7 Å². The van der Waals surface area contributed by atoms with Crippen molar-refractivity contribution in [2.24, 2.45) is 0 Å². The third kappa shape index (κ3) is 2.43. The van der Waals surface area contributed by atoms with Crippen molar-refractivity contribution in [3.63, 3.8) is 0 Å². The van der Waals surface area contributed by atoms with Crippen molar-refractivity contribution < 1.29 is 9.53 Å². The lowest BCUT2D eigenvalue weighted by molar-refractivity contribution is 0.112. The second-order valence-corrected chi connectivity index (χ2v) is 4.57. The fraction of sp³-hybridized carbons (Fsp3) is 0.0588. The quantitative estimate of drug-likeness (QED) is 0.687. The summed E-state index contributed by atoms with van der Waals surface area (Å²) < 4.78 is 7.20. The van der Waals surface area contributed by atoms with E-state index in [-0.39, 0.29) is 0 Å². The van der Waals surface area contributed by atoms with Crippen molar-refractivity contribution in [1.29, 1.82) is 0 Å². The minimum absolute atomic E-state index is 0.515. The highest BCUT2D eigenvalue weighted by molar-refractivity contribution is 5.86. The maximum absolute atomic E-state index is 11.3. The molecule has 0 aliphatic rings. The molecule has 1 aromatic heterocycles. The van der Waals surface area contributed by atoms with Crippen molar-refractivity contribution in [1.82, 2.24) is 9.55 Å². The highest BCUT2D eigenvalue weighted by atomic mass is 16.5. The summed E-state index contributed by atoms with van der Waals surface area (Å²) in [6.45, 7) is 0. The van der Waals surface area contributed by atoms with Crippen LogP contribution in [0.4, 0.5) is 0 Å². The van der Waals surface area contributed by atoms with Crippen molar-refractivity contribution in [3.05, 3.63) is 66.7 Å². The van der Waals surface area contributed by atoms with Crippen LogP contribution in [0.2, 0.25) is 0 Å². The van der Waals surface area contributed by atoms with E-state index in [9.17, 15) is 4.79 Å². The molecule has 0 atom stereocenters. The number of hydrogen-bond donors (Lipinski definition) is 0. The zero-order valence-electron chi connectivity index (χ0n) is 11.6. The second kappa shape index (κ2) is 5.63. The Kier molecular flexibility index (Phi) is 3.51. The number of aldehydes is 1. The molecule has 4 nitrogen and oxygen atoms in total. The Morgan fingerprint density at radius 3 is 2.62 bits per heavy atom. The van der Waals surface area contributed by atoms with Gasteiger partial charge in [-0.1, -0.05) is 30.3 Å². The molecule has 2 aromatic carbocycles. The van der Waals surface area contributed by atoms with Gasteiger partial charge in [-0.15, -0.1) is 0 Å². The molecule has 104 valence electrons. The number of carbonyl (C=O) groups is 1. The molecular formula is C17H14N2O2. The number of ether oxygens (including phenoxy) is 1. The molecule has 21 heavy (non-hydrogen) atoms. The minimum Gasteiger partial charge on any atom is -0.496 e. The Labute approximate surface area is 122 Å². The first kappa shape index (κ1) is 13.1. The topological polar surface area (TPSA) is 44.1 Å². The standard InChI is InChI=1S/C17H14N2O2/c1-21-17-10-15(13-5-3-2-4-6-13)16(9-14(17)11-20)19-8-7-18-12-19/h2-12H,1H3. The molecule has 0 amide bonds. The van der Waals surface area contributed by atoms with Gasteiger partial charge in [0.25, 0.3) is 0 Å². The van der Waals surface area contributed by atoms with E-state index in [1.54, 1.807) is 19.6 Å². The first-order chi connectivity index (χ1) is 10.3. The predicted octanol–water partition coefficient (Wildman–Crippen LogP) is 3.36. The number of carbonyl (C=O) groups excluding carboxylic acids is 1. The molecule has 0 N–H and O–H groups in total. The van der Waals surface area contributed by atoms with Crippen LogP contribution in [0.25, 0.3) is 16.8 Å². The lowest BCUT2D eigenvalue weighted by Gasteiger charge is -2.14. The van der Waals surface area contributed by atoms with Crippen molar-refractivity contribution in [3.8, 4) is 22.6 Å². The van der Waals surface area contributed by atoms with E-state index in [1.807, 2.05) is 53.2 Å². The monoisotopic (exact) mass is 278 g/mol. The summed E-state index contributed by atoms with van der Waals surface area (Å²) in [5.41, 5.74) is 3.44. The molecule has 0 saturated carbocycles. The Morgan fingerprint density at radius 1 is 1.19 bits per heavy atom. The number of methoxy groups -OCH3 is 1. The van der Waals surface area contributed by atoms with Crippen LogP contribution in [0.1, 0.15) is 10.4 Å². The van der Waals surface area contributed by atoms with Gasteiger partial charge >= 0.3 is 0 Å². The molecule has 0 unspecified atom stereocenters. The summed E-state index contributed by atoms with van der Waals surface area (Å²) in [7, 11) is 1.56. The van der Waals surface area contributed by atoms with Gasteiger partial charge in [-0.25, -0.2) is 4.98 Å². The molecular weight excluding hydrogens is 264 g/mol. The van der Waals surface area contributed by atoms with Crippen LogP contribution < -0.4 is 4.74 Å². The van der Waals surface area contributed by atoms with Crippen LogP contribution in [-0.4, -0.2) is 22.9 Å². The summed E-state index contributed by atoms with van der Waals surface area (Å²) in [5, 5.41) is 0. The van der Waals surface area contributed by atoms with E-state index < -0.39 is 0 Å². The first-order valence-electron chi connectivity index (χ1n) is 6.54. The summed E-state index contributed by atoms with van der Waals surface area (Å²) in [4.78, 5) is 15.3. The normalized spacial score (nSPS) is 10.3. The zero-order valence-corrected chi connectivity index (χ0v) is 11.6. The van der Waals surface area contributed by atoms with Crippen LogP contribution in [0.15, 0.2) is 61.2 Å². The van der Waals surface area contributed by atoms with Gasteiger partial charge in [0.2, 0.25) is 0 Å². The number of rotatable bonds is 4. The average Bonchev–Trinajstić information content (AvgIpc) is 3.08. The third-order valence-corrected chi connectivity index (χ3v) is 3.34. The van der Waals surface area contributed by atoms with E-state index in [0.717, 1.165) is 23.1 Å². The Balaban J connectivity index is 2.28. The highest BCUT2D eigenvalue weighted by Crippen LogP contribution is 2.32. The van der Waals surface area contributed by atoms with E-state index in [2.05, 4.69) is 4.98 Å². The SMILES string of the molecule is COc1cc(-c2ccccc2)c(-n2ccnc2)cc1C=O. The molecule has 0 saturated heterocycles. The van der Waals surface area contributed by atoms with Gasteiger partial charge in [0.15, 0.2) is 6.29 Å². The van der Waals surface area contributed by atoms with E-state index in [1.165, 1.54) is 0 Å². The maximum Gasteiger partial charge on any atom is 0.153 e. The summed E-state index contributed by atoms with van der Waals surface area (Å²) in [6.07, 6.45) is 6.07. The predicted molar refractivity (Wildman–Crippen MR) is 80.9 cm³/mol. The van der Waals surface area contributed by atoms with Gasteiger partial charge in [0.1, 0.15) is 5.75 Å². The molecule has 0 radical (unpaired) electrons. The molecule has 3 aromatic rings. The van der Waals surface area contributed by atoms with Crippen LogP contribution in [0.3, 0.4) is 0 Å². The van der Waals surface area contributed by atoms with E-state index in [0.29, 0.717) is 11.3 Å². The molecule has 0 bridgehead atoms. The van der Waals surface area contributed by atoms with E-state index >= 15 is 0 Å². The van der Waals surface area contributed by atoms with Crippen LogP contribution >= 0.6 is 0 Å². The number of aromatic nitrogens is 2. The van der Waals surface area contributed by atoms with E-state index in [4.69, 9.17) is 4.74 Å². The molecule has 0 aliphatic heterocycles. The van der Waals surface area contributed by atoms with Crippen LogP contribution in [0, 0.1) is 0 Å². The highest BCUT2D eigenvalue weighted by Gasteiger charge is 2.13. The summed E-state index contributed by atoms with van der Waals surface area (Å²) in [5.74, 6) is 0.563. The molecule has 1 heterocycles. The van der Waals surface area contributed by atoms with Crippen LogP contribution in [0.5, 0.6) is 5.75 Å². The molecule has 3 rings (SSSR count). The molecule has 4 heteroatoms. The van der Waals surface area contributed by atoms with Crippen molar-refractivity contribution in [2.45, 2.75) is 0 Å². The fourth-order valence-corrected chi connectivity index (χ4v) is 2.32. The largest absolute Gasteiger partial charge is 0.496 e. The molecule has 0 aliphatic carbocycles. The number of benzene rings is 2. The zero-order chi connectivity index (χ0) is 14.7. The number of nitrogens with zero attached hydrogens (tertiary/aromatic N) is 2. The Bertz CT molecular complexity index is 750. The molecule has 0 fully saturated rings. The second-order valence-electron chi connectivity index (χ2n) is 4.57. The first-order valence-corrected chi connectivity index (χ1v) is 6.54. The Morgan fingerprint density at radius 2 is 2.00 bits per heavy atom. The smallest absolute Gasteiger partial charge is 0.153 e. The van der Waals surface area contributed by atoms with Gasteiger partial charge in [-0.2, -0.15) is 0 Å². The van der Waals surface area contributed by atoms with Gasteiger partial charge in [-0.3, -0.25) is 4.79 Å². The maximum atomic E-state index is 11.3. The van der Waals surface area contributed by atoms with Crippen molar-refractivity contribution in [2.75, 3.05) is 7.11 Å². The summed E-state index contributed by atoms with van der Waals surface area (Å²) in [6, 6.07) is 13.7. The number of imidazole rings is 1. The molecule has 0 spiro atoms. The van der Waals surface area contributed by atoms with Gasteiger partial charge < -0.3 is 9.30 Å². The van der Waals surface area contributed by atoms with Crippen LogP contribution in [-0.2, 0) is 0 Å². The fourth-order valence-electron chi connectivity index (χ4n) is 2.32. The van der Waals surface area contributed by atoms with Gasteiger partial charge in [0, 0.05) is 18.0 Å². The number of hydrogen-bond acceptors (Lipinski definition) is 3. The average molecular weight is 278 g/mol. The Hall–Kier alpha value is -2.88. The van der Waals surface area contributed by atoms with Gasteiger partial charge in [0.05, 0.1) is 24.7 Å². The summed E-state index contributed by atoms with van der Waals surface area (Å²) >= 11 is 0. The third-order valence-electron chi connectivity index (χ3n) is 3.34. The lowest BCUT2D eigenvalue weighted by atomic mass is 10.0.